The number of rotatable bonds is 3. The Bertz CT molecular complexity index is 512. The van der Waals surface area contributed by atoms with Crippen molar-refractivity contribution in [2.45, 2.75) is 57.1 Å². The third-order valence-corrected chi connectivity index (χ3v) is 8.10. The van der Waals surface area contributed by atoms with E-state index in [-0.39, 0.29) is 15.6 Å². The number of aryl methyl sites for hydroxylation is 2. The molecule has 1 aromatic carbocycles. The van der Waals surface area contributed by atoms with Gasteiger partial charge < -0.3 is 0 Å². The molecule has 1 heterocycles. The lowest BCUT2D eigenvalue weighted by Crippen LogP contribution is -2.41. The number of ketones is 1. The minimum Gasteiger partial charge on any atom is -0.288 e. The smallest absolute Gasteiger partial charge is 0.217 e. The third-order valence-electron chi connectivity index (χ3n) is 4.91. The molecule has 2 heteroatoms. The SMILES string of the molecule is CC(C)(C(=O)c1ccc2c(c1)CCCC2)[S+]1CCCC1. The first-order chi connectivity index (χ1) is 9.59. The van der Waals surface area contributed by atoms with Crippen LogP contribution in [0.4, 0.5) is 0 Å². The molecule has 1 fully saturated rings. The fraction of sp³-hybridized carbons (Fsp3) is 0.611. The first-order valence-electron chi connectivity index (χ1n) is 7.93. The van der Waals surface area contributed by atoms with Gasteiger partial charge in [0.25, 0.3) is 0 Å². The van der Waals surface area contributed by atoms with Gasteiger partial charge in [0.15, 0.2) is 4.75 Å². The van der Waals surface area contributed by atoms with E-state index in [4.69, 9.17) is 0 Å². The molecule has 1 aromatic rings. The van der Waals surface area contributed by atoms with Gasteiger partial charge in [-0.05, 0) is 69.6 Å². The summed E-state index contributed by atoms with van der Waals surface area (Å²) in [5.41, 5.74) is 3.84. The summed E-state index contributed by atoms with van der Waals surface area (Å²) < 4.78 is -0.167. The summed E-state index contributed by atoms with van der Waals surface area (Å²) >= 11 is 0. The normalized spacial score (nSPS) is 19.9. The Morgan fingerprint density at radius 3 is 2.35 bits per heavy atom. The van der Waals surface area contributed by atoms with Crippen molar-refractivity contribution in [1.82, 2.24) is 0 Å². The maximum absolute atomic E-state index is 12.9. The second-order valence-corrected chi connectivity index (χ2v) is 9.46. The van der Waals surface area contributed by atoms with Crippen LogP contribution in [0.15, 0.2) is 18.2 Å². The van der Waals surface area contributed by atoms with Crippen molar-refractivity contribution in [1.29, 1.82) is 0 Å². The van der Waals surface area contributed by atoms with Crippen molar-refractivity contribution < 1.29 is 4.79 Å². The van der Waals surface area contributed by atoms with E-state index in [1.165, 1.54) is 54.7 Å². The zero-order valence-electron chi connectivity index (χ0n) is 12.7. The molecule has 0 N–H and O–H groups in total. The second-order valence-electron chi connectivity index (χ2n) is 6.64. The van der Waals surface area contributed by atoms with E-state index in [1.807, 2.05) is 0 Å². The van der Waals surface area contributed by atoms with Crippen molar-refractivity contribution >= 4 is 16.7 Å². The number of fused-ring (bicyclic) bond motifs is 1. The van der Waals surface area contributed by atoms with Gasteiger partial charge in [-0.1, -0.05) is 12.1 Å². The fourth-order valence-electron chi connectivity index (χ4n) is 3.52. The average molecular weight is 289 g/mol. The Morgan fingerprint density at radius 2 is 1.65 bits per heavy atom. The molecule has 108 valence electrons. The maximum Gasteiger partial charge on any atom is 0.217 e. The maximum atomic E-state index is 12.9. The predicted octanol–water partition coefficient (Wildman–Crippen LogP) is 3.94. The summed E-state index contributed by atoms with van der Waals surface area (Å²) in [5, 5.41) is 0. The fourth-order valence-corrected chi connectivity index (χ4v) is 6.23. The Labute approximate surface area is 125 Å². The van der Waals surface area contributed by atoms with Crippen LogP contribution >= 0.6 is 0 Å². The van der Waals surface area contributed by atoms with Crippen LogP contribution in [0.1, 0.15) is 61.0 Å². The Kier molecular flexibility index (Phi) is 3.94. The molecule has 1 aliphatic heterocycles. The van der Waals surface area contributed by atoms with E-state index in [0.29, 0.717) is 5.78 Å². The second kappa shape index (κ2) is 5.55. The highest BCUT2D eigenvalue weighted by atomic mass is 32.2. The van der Waals surface area contributed by atoms with Gasteiger partial charge in [-0.3, -0.25) is 4.79 Å². The number of carbonyl (C=O) groups excluding carboxylic acids is 1. The largest absolute Gasteiger partial charge is 0.288 e. The van der Waals surface area contributed by atoms with Crippen LogP contribution in [0.25, 0.3) is 0 Å². The van der Waals surface area contributed by atoms with Crippen molar-refractivity contribution in [3.8, 4) is 0 Å². The van der Waals surface area contributed by atoms with Gasteiger partial charge in [-0.2, -0.15) is 0 Å². The van der Waals surface area contributed by atoms with Crippen LogP contribution in [-0.2, 0) is 23.7 Å². The van der Waals surface area contributed by atoms with Crippen molar-refractivity contribution in [3.63, 3.8) is 0 Å². The molecule has 3 rings (SSSR count). The standard InChI is InChI=1S/C18H25OS/c1-18(2,20-11-5-6-12-20)17(19)16-10-9-14-7-3-4-8-15(14)13-16/h9-10,13H,3-8,11-12H2,1-2H3/q+1. The highest BCUT2D eigenvalue weighted by Crippen LogP contribution is 2.32. The molecule has 0 atom stereocenters. The van der Waals surface area contributed by atoms with Gasteiger partial charge in [-0.15, -0.1) is 0 Å². The van der Waals surface area contributed by atoms with Gasteiger partial charge in [0.05, 0.1) is 0 Å². The van der Waals surface area contributed by atoms with Crippen molar-refractivity contribution in [3.05, 3.63) is 34.9 Å². The van der Waals surface area contributed by atoms with Crippen LogP contribution in [0.5, 0.6) is 0 Å². The Morgan fingerprint density at radius 1 is 1.00 bits per heavy atom. The number of hydrogen-bond acceptors (Lipinski definition) is 1. The van der Waals surface area contributed by atoms with E-state index >= 15 is 0 Å². The zero-order chi connectivity index (χ0) is 14.2. The molecule has 0 aromatic heterocycles. The lowest BCUT2D eigenvalue weighted by Gasteiger charge is -2.23. The summed E-state index contributed by atoms with van der Waals surface area (Å²) in [5.74, 6) is 2.88. The first kappa shape index (κ1) is 14.2. The topological polar surface area (TPSA) is 17.1 Å². The third kappa shape index (κ3) is 2.55. The molecule has 1 saturated heterocycles. The molecule has 0 amide bonds. The van der Waals surface area contributed by atoms with Crippen LogP contribution in [0.2, 0.25) is 0 Å². The minimum atomic E-state index is -0.167. The van der Waals surface area contributed by atoms with E-state index in [9.17, 15) is 4.79 Å². The van der Waals surface area contributed by atoms with Crippen LogP contribution in [0.3, 0.4) is 0 Å². The molecular formula is C18H25OS+. The molecule has 0 radical (unpaired) electrons. The van der Waals surface area contributed by atoms with Gasteiger partial charge >= 0.3 is 0 Å². The monoisotopic (exact) mass is 289 g/mol. The summed E-state index contributed by atoms with van der Waals surface area (Å²) in [6.45, 7) is 4.34. The molecule has 0 bridgehead atoms. The van der Waals surface area contributed by atoms with Gasteiger partial charge in [-0.25, -0.2) is 0 Å². The minimum absolute atomic E-state index is 0.167. The molecule has 1 nitrogen and oxygen atoms in total. The Balaban J connectivity index is 1.86. The van der Waals surface area contributed by atoms with Gasteiger partial charge in [0.2, 0.25) is 5.78 Å². The number of hydrogen-bond donors (Lipinski definition) is 0. The van der Waals surface area contributed by atoms with Crippen molar-refractivity contribution in [2.75, 3.05) is 11.5 Å². The number of benzene rings is 1. The van der Waals surface area contributed by atoms with Gasteiger partial charge in [0, 0.05) is 16.5 Å². The molecule has 2 aliphatic rings. The van der Waals surface area contributed by atoms with Crippen LogP contribution in [0, 0.1) is 0 Å². The van der Waals surface area contributed by atoms with E-state index in [0.717, 1.165) is 12.0 Å². The van der Waals surface area contributed by atoms with E-state index in [2.05, 4.69) is 32.0 Å². The highest BCUT2D eigenvalue weighted by Gasteiger charge is 2.47. The summed E-state index contributed by atoms with van der Waals surface area (Å²) in [4.78, 5) is 12.9. The van der Waals surface area contributed by atoms with Gasteiger partial charge in [0.1, 0.15) is 11.5 Å². The quantitative estimate of drug-likeness (QED) is 0.608. The first-order valence-corrected chi connectivity index (χ1v) is 9.49. The van der Waals surface area contributed by atoms with E-state index < -0.39 is 0 Å². The predicted molar refractivity (Wildman–Crippen MR) is 87.8 cm³/mol. The summed E-state index contributed by atoms with van der Waals surface area (Å²) in [7, 11) is 0.281. The summed E-state index contributed by atoms with van der Waals surface area (Å²) in [6, 6.07) is 6.47. The van der Waals surface area contributed by atoms with E-state index in [1.54, 1.807) is 0 Å². The average Bonchev–Trinajstić information content (AvgIpc) is 3.01. The number of Topliss-reactive ketones (excluding diaryl/α,β-unsaturated/α-hetero) is 1. The van der Waals surface area contributed by atoms with Crippen LogP contribution in [-0.4, -0.2) is 22.0 Å². The van der Waals surface area contributed by atoms with Crippen molar-refractivity contribution in [2.24, 2.45) is 0 Å². The molecule has 1 aliphatic carbocycles. The van der Waals surface area contributed by atoms with Crippen LogP contribution < -0.4 is 0 Å². The Hall–Kier alpha value is -0.760. The lowest BCUT2D eigenvalue weighted by molar-refractivity contribution is 0.0956. The lowest BCUT2D eigenvalue weighted by atomic mass is 9.88. The summed E-state index contributed by atoms with van der Waals surface area (Å²) in [6.07, 6.45) is 7.54. The molecular weight excluding hydrogens is 264 g/mol. The molecule has 0 unspecified atom stereocenters. The molecule has 0 saturated carbocycles. The highest BCUT2D eigenvalue weighted by molar-refractivity contribution is 7.99. The molecule has 20 heavy (non-hydrogen) atoms. The molecule has 0 spiro atoms. The zero-order valence-corrected chi connectivity index (χ0v) is 13.5. The number of carbonyl (C=O) groups is 1.